The van der Waals surface area contributed by atoms with Gasteiger partial charge in [0.25, 0.3) is 0 Å². The van der Waals surface area contributed by atoms with Crippen LogP contribution >= 0.6 is 9.24 Å². The van der Waals surface area contributed by atoms with Gasteiger partial charge in [-0.15, -0.1) is 9.24 Å². The van der Waals surface area contributed by atoms with Crippen LogP contribution in [0.3, 0.4) is 0 Å². The first-order valence-electron chi connectivity index (χ1n) is 9.43. The molecule has 0 aliphatic rings. The lowest BCUT2D eigenvalue weighted by Gasteiger charge is -2.20. The molecule has 0 saturated carbocycles. The summed E-state index contributed by atoms with van der Waals surface area (Å²) in [6.45, 7) is 8.87. The van der Waals surface area contributed by atoms with Gasteiger partial charge in [0, 0.05) is 0 Å². The largest absolute Gasteiger partial charge is 0.104 e. The highest BCUT2D eigenvalue weighted by Gasteiger charge is 2.17. The molecule has 0 radical (unpaired) electrons. The van der Waals surface area contributed by atoms with E-state index in [4.69, 9.17) is 0 Å². The van der Waals surface area contributed by atoms with Crippen molar-refractivity contribution in [1.29, 1.82) is 0 Å². The monoisotopic (exact) mass is 368 g/mol. The molecular weight excluding hydrogens is 343 g/mol. The molecule has 0 fully saturated rings. The third-order valence-corrected chi connectivity index (χ3v) is 6.45. The molecule has 0 aliphatic heterocycles. The summed E-state index contributed by atoms with van der Waals surface area (Å²) in [5.41, 5.74) is 10.7. The van der Waals surface area contributed by atoms with Crippen molar-refractivity contribution >= 4 is 25.3 Å². The lowest BCUT2D eigenvalue weighted by molar-refractivity contribution is 1.27. The van der Waals surface area contributed by atoms with E-state index >= 15 is 0 Å². The van der Waals surface area contributed by atoms with Gasteiger partial charge in [-0.25, -0.2) is 0 Å². The summed E-state index contributed by atoms with van der Waals surface area (Å²) >= 11 is 0. The average Bonchev–Trinajstić information content (AvgIpc) is 2.67. The highest BCUT2D eigenvalue weighted by Crippen LogP contribution is 2.39. The second kappa shape index (κ2) is 6.95. The smallest absolute Gasteiger partial charge is 0.00244 e. The molecule has 0 spiro atoms. The van der Waals surface area contributed by atoms with Gasteiger partial charge in [-0.3, -0.25) is 0 Å². The van der Waals surface area contributed by atoms with Gasteiger partial charge in [0.15, 0.2) is 0 Å². The number of fused-ring (bicyclic) bond motifs is 1. The number of benzene rings is 4. The summed E-state index contributed by atoms with van der Waals surface area (Å²) in [5.74, 6) is 0. The fourth-order valence-electron chi connectivity index (χ4n) is 3.98. The summed E-state index contributed by atoms with van der Waals surface area (Å²) in [4.78, 5) is 0. The van der Waals surface area contributed by atoms with Crippen molar-refractivity contribution in [3.63, 3.8) is 0 Å². The van der Waals surface area contributed by atoms with Crippen LogP contribution in [0.1, 0.15) is 22.3 Å². The van der Waals surface area contributed by atoms with Gasteiger partial charge in [-0.05, 0) is 94.3 Å². The lowest BCUT2D eigenvalue weighted by Crippen LogP contribution is -2.05. The molecule has 0 N–H and O–H groups in total. The van der Waals surface area contributed by atoms with Crippen molar-refractivity contribution in [3.05, 3.63) is 89.0 Å². The molecule has 4 aromatic carbocycles. The van der Waals surface area contributed by atoms with Crippen molar-refractivity contribution in [1.82, 2.24) is 0 Å². The normalized spacial score (nSPS) is 11.1. The van der Waals surface area contributed by atoms with Crippen LogP contribution in [-0.2, 0) is 0 Å². The Balaban J connectivity index is 2.16. The number of rotatable bonds is 2. The van der Waals surface area contributed by atoms with E-state index in [2.05, 4.69) is 104 Å². The van der Waals surface area contributed by atoms with E-state index in [1.54, 1.807) is 0 Å². The zero-order chi connectivity index (χ0) is 19.1. The zero-order valence-corrected chi connectivity index (χ0v) is 17.6. The fourth-order valence-corrected chi connectivity index (χ4v) is 4.55. The third-order valence-electron chi connectivity index (χ3n) is 5.85. The van der Waals surface area contributed by atoms with Crippen LogP contribution in [0.25, 0.3) is 33.0 Å². The Morgan fingerprint density at radius 3 is 2.07 bits per heavy atom. The first-order valence-corrected chi connectivity index (χ1v) is 10.0. The van der Waals surface area contributed by atoms with E-state index in [1.165, 1.54) is 60.6 Å². The van der Waals surface area contributed by atoms with Gasteiger partial charge in [-0.2, -0.15) is 0 Å². The van der Waals surface area contributed by atoms with Gasteiger partial charge in [0.1, 0.15) is 0 Å². The van der Waals surface area contributed by atoms with E-state index in [-0.39, 0.29) is 0 Å². The highest BCUT2D eigenvalue weighted by atomic mass is 31.0. The van der Waals surface area contributed by atoms with Crippen molar-refractivity contribution in [2.75, 3.05) is 0 Å². The molecule has 1 unspecified atom stereocenters. The molecule has 0 heterocycles. The number of hydrogen-bond donors (Lipinski definition) is 0. The second-order valence-electron chi connectivity index (χ2n) is 7.43. The molecular formula is C26H25P. The Labute approximate surface area is 164 Å². The molecule has 0 bridgehead atoms. The Bertz CT molecular complexity index is 1170. The van der Waals surface area contributed by atoms with Crippen LogP contribution in [-0.4, -0.2) is 0 Å². The van der Waals surface area contributed by atoms with E-state index in [0.717, 1.165) is 0 Å². The summed E-state index contributed by atoms with van der Waals surface area (Å²) < 4.78 is 0. The van der Waals surface area contributed by atoms with Crippen LogP contribution in [0.5, 0.6) is 0 Å². The van der Waals surface area contributed by atoms with E-state index < -0.39 is 0 Å². The Kier molecular flexibility index (Phi) is 4.62. The summed E-state index contributed by atoms with van der Waals surface area (Å²) in [6.07, 6.45) is 0. The third kappa shape index (κ3) is 2.99. The molecule has 0 amide bonds. The van der Waals surface area contributed by atoms with E-state index in [1.807, 2.05) is 0 Å². The minimum atomic E-state index is 1.28. The molecule has 0 aliphatic carbocycles. The van der Waals surface area contributed by atoms with E-state index in [9.17, 15) is 0 Å². The standard InChI is InChI=1S/C26H25P/c1-16-13-14-22(19(4)18(16)3)25-24(21-11-7-5-9-17(21)2)15-20-10-6-8-12-23(20)26(25)27/h5-15H,27H2,1-4H3. The first-order chi connectivity index (χ1) is 13.0. The molecule has 4 aromatic rings. The first kappa shape index (κ1) is 18.0. The highest BCUT2D eigenvalue weighted by molar-refractivity contribution is 7.29. The van der Waals surface area contributed by atoms with Gasteiger partial charge in [0.05, 0.1) is 0 Å². The van der Waals surface area contributed by atoms with Crippen LogP contribution in [0.4, 0.5) is 0 Å². The summed E-state index contributed by atoms with van der Waals surface area (Å²) in [7, 11) is 3.03. The number of aryl methyl sites for hydroxylation is 2. The summed E-state index contributed by atoms with van der Waals surface area (Å²) in [6, 6.07) is 24.3. The molecule has 4 rings (SSSR count). The maximum Gasteiger partial charge on any atom is -0.00244 e. The zero-order valence-electron chi connectivity index (χ0n) is 16.4. The minimum absolute atomic E-state index is 1.28. The second-order valence-corrected chi connectivity index (χ2v) is 8.01. The quantitative estimate of drug-likeness (QED) is 0.337. The molecule has 134 valence electrons. The van der Waals surface area contributed by atoms with Crippen LogP contribution in [0, 0.1) is 27.7 Å². The van der Waals surface area contributed by atoms with Gasteiger partial charge in [0.2, 0.25) is 0 Å². The Morgan fingerprint density at radius 1 is 0.593 bits per heavy atom. The van der Waals surface area contributed by atoms with E-state index in [0.29, 0.717) is 0 Å². The molecule has 0 saturated heterocycles. The molecule has 0 aromatic heterocycles. The van der Waals surface area contributed by atoms with Crippen molar-refractivity contribution < 1.29 is 0 Å². The minimum Gasteiger partial charge on any atom is -0.104 e. The predicted octanol–water partition coefficient (Wildman–Crippen LogP) is 6.91. The molecule has 0 nitrogen and oxygen atoms in total. The van der Waals surface area contributed by atoms with Gasteiger partial charge < -0.3 is 0 Å². The van der Waals surface area contributed by atoms with Crippen LogP contribution in [0.2, 0.25) is 0 Å². The molecule has 1 heteroatoms. The van der Waals surface area contributed by atoms with Crippen molar-refractivity contribution in [3.8, 4) is 22.3 Å². The van der Waals surface area contributed by atoms with Gasteiger partial charge in [-0.1, -0.05) is 60.7 Å². The fraction of sp³-hybridized carbons (Fsp3) is 0.154. The van der Waals surface area contributed by atoms with Gasteiger partial charge >= 0.3 is 0 Å². The predicted molar refractivity (Wildman–Crippen MR) is 123 cm³/mol. The average molecular weight is 368 g/mol. The lowest BCUT2D eigenvalue weighted by atomic mass is 9.86. The topological polar surface area (TPSA) is 0 Å². The molecule has 27 heavy (non-hydrogen) atoms. The van der Waals surface area contributed by atoms with Crippen molar-refractivity contribution in [2.45, 2.75) is 27.7 Å². The summed E-state index contributed by atoms with van der Waals surface area (Å²) in [5, 5.41) is 3.86. The maximum atomic E-state index is 3.03. The molecule has 1 atom stereocenters. The van der Waals surface area contributed by atoms with Crippen LogP contribution in [0.15, 0.2) is 66.7 Å². The Hall–Kier alpha value is -2.43. The number of hydrogen-bond acceptors (Lipinski definition) is 0. The van der Waals surface area contributed by atoms with Crippen LogP contribution < -0.4 is 5.30 Å². The Morgan fingerprint density at radius 2 is 1.30 bits per heavy atom. The van der Waals surface area contributed by atoms with Crippen molar-refractivity contribution in [2.24, 2.45) is 0 Å². The maximum absolute atomic E-state index is 3.03. The SMILES string of the molecule is Cc1ccccc1-c1cc2ccccc2c(P)c1-c1ccc(C)c(C)c1C.